The van der Waals surface area contributed by atoms with Crippen molar-refractivity contribution < 1.29 is 0 Å². The lowest BCUT2D eigenvalue weighted by Crippen LogP contribution is -2.41. The predicted molar refractivity (Wildman–Crippen MR) is 68.6 cm³/mol. The Morgan fingerprint density at radius 3 is 2.75 bits per heavy atom. The standard InChI is InChI=1S/C14H22N2/c1-3-14(15-2)11-16-9-8-12-6-4-5-7-13(12)10-16/h4-7,14-15H,3,8-11H2,1-2H3. The van der Waals surface area contributed by atoms with Crippen molar-refractivity contribution in [3.63, 3.8) is 0 Å². The van der Waals surface area contributed by atoms with Gasteiger partial charge in [0.05, 0.1) is 0 Å². The SMILES string of the molecule is CCC(CN1CCc2ccccc2C1)NC. The molecule has 1 N–H and O–H groups in total. The zero-order chi connectivity index (χ0) is 11.4. The minimum absolute atomic E-state index is 0.630. The van der Waals surface area contributed by atoms with Crippen molar-refractivity contribution in [3.05, 3.63) is 35.4 Å². The molecule has 0 aliphatic carbocycles. The molecule has 1 aliphatic rings. The minimum atomic E-state index is 0.630. The number of likely N-dealkylation sites (N-methyl/N-ethyl adjacent to an activating group) is 1. The van der Waals surface area contributed by atoms with Crippen LogP contribution in [0.25, 0.3) is 0 Å². The van der Waals surface area contributed by atoms with Crippen LogP contribution >= 0.6 is 0 Å². The third-order valence-electron chi connectivity index (χ3n) is 3.59. The molecule has 0 aromatic heterocycles. The van der Waals surface area contributed by atoms with Gasteiger partial charge in [0, 0.05) is 25.7 Å². The van der Waals surface area contributed by atoms with Crippen LogP contribution in [0.15, 0.2) is 24.3 Å². The average Bonchev–Trinajstić information content (AvgIpc) is 2.35. The van der Waals surface area contributed by atoms with Crippen molar-refractivity contribution in [2.45, 2.75) is 32.4 Å². The topological polar surface area (TPSA) is 15.3 Å². The van der Waals surface area contributed by atoms with Crippen LogP contribution in [0.5, 0.6) is 0 Å². The fourth-order valence-corrected chi connectivity index (χ4v) is 2.45. The smallest absolute Gasteiger partial charge is 0.0237 e. The monoisotopic (exact) mass is 218 g/mol. The Morgan fingerprint density at radius 2 is 2.06 bits per heavy atom. The van der Waals surface area contributed by atoms with Crippen molar-refractivity contribution >= 4 is 0 Å². The number of hydrogen-bond acceptors (Lipinski definition) is 2. The number of benzene rings is 1. The predicted octanol–water partition coefficient (Wildman–Crippen LogP) is 2.04. The molecule has 88 valence electrons. The second-order valence-electron chi connectivity index (χ2n) is 4.65. The average molecular weight is 218 g/mol. The van der Waals surface area contributed by atoms with Gasteiger partial charge in [0.25, 0.3) is 0 Å². The van der Waals surface area contributed by atoms with E-state index in [2.05, 4.69) is 48.5 Å². The molecular formula is C14H22N2. The zero-order valence-electron chi connectivity index (χ0n) is 10.4. The lowest BCUT2D eigenvalue weighted by molar-refractivity contribution is 0.225. The van der Waals surface area contributed by atoms with Gasteiger partial charge in [0.2, 0.25) is 0 Å². The molecule has 0 radical (unpaired) electrons. The van der Waals surface area contributed by atoms with E-state index in [-0.39, 0.29) is 0 Å². The summed E-state index contributed by atoms with van der Waals surface area (Å²) in [5.41, 5.74) is 3.05. The van der Waals surface area contributed by atoms with Gasteiger partial charge in [-0.1, -0.05) is 31.2 Å². The third-order valence-corrected chi connectivity index (χ3v) is 3.59. The van der Waals surface area contributed by atoms with Gasteiger partial charge >= 0.3 is 0 Å². The Kier molecular flexibility index (Phi) is 3.97. The fraction of sp³-hybridized carbons (Fsp3) is 0.571. The molecule has 0 bridgehead atoms. The highest BCUT2D eigenvalue weighted by molar-refractivity contribution is 5.29. The van der Waals surface area contributed by atoms with E-state index in [4.69, 9.17) is 0 Å². The molecule has 1 aromatic rings. The van der Waals surface area contributed by atoms with Crippen LogP contribution in [0.4, 0.5) is 0 Å². The molecule has 2 heteroatoms. The molecule has 1 aromatic carbocycles. The summed E-state index contributed by atoms with van der Waals surface area (Å²) >= 11 is 0. The number of hydrogen-bond donors (Lipinski definition) is 1. The molecule has 0 saturated carbocycles. The van der Waals surface area contributed by atoms with E-state index in [1.807, 2.05) is 0 Å². The normalized spacial score (nSPS) is 18.1. The number of fused-ring (bicyclic) bond motifs is 1. The molecule has 0 fully saturated rings. The molecular weight excluding hydrogens is 196 g/mol. The summed E-state index contributed by atoms with van der Waals surface area (Å²) in [6.07, 6.45) is 2.41. The summed E-state index contributed by atoms with van der Waals surface area (Å²) in [5.74, 6) is 0. The molecule has 0 amide bonds. The van der Waals surface area contributed by atoms with E-state index in [1.54, 1.807) is 0 Å². The summed E-state index contributed by atoms with van der Waals surface area (Å²) in [7, 11) is 2.06. The molecule has 0 spiro atoms. The van der Waals surface area contributed by atoms with E-state index in [9.17, 15) is 0 Å². The second-order valence-corrected chi connectivity index (χ2v) is 4.65. The lowest BCUT2D eigenvalue weighted by Gasteiger charge is -2.31. The van der Waals surface area contributed by atoms with Gasteiger partial charge in [-0.25, -0.2) is 0 Å². The Morgan fingerprint density at radius 1 is 1.31 bits per heavy atom. The van der Waals surface area contributed by atoms with Crippen LogP contribution in [0.1, 0.15) is 24.5 Å². The largest absolute Gasteiger partial charge is 0.316 e. The molecule has 1 aliphatic heterocycles. The van der Waals surface area contributed by atoms with Crippen molar-refractivity contribution in [2.75, 3.05) is 20.1 Å². The first-order valence-corrected chi connectivity index (χ1v) is 6.30. The maximum atomic E-state index is 3.38. The highest BCUT2D eigenvalue weighted by Crippen LogP contribution is 2.18. The van der Waals surface area contributed by atoms with Gasteiger partial charge < -0.3 is 5.32 Å². The van der Waals surface area contributed by atoms with Crippen LogP contribution in [-0.4, -0.2) is 31.1 Å². The van der Waals surface area contributed by atoms with Crippen molar-refractivity contribution in [1.29, 1.82) is 0 Å². The van der Waals surface area contributed by atoms with Gasteiger partial charge in [0.1, 0.15) is 0 Å². The first-order valence-electron chi connectivity index (χ1n) is 6.30. The minimum Gasteiger partial charge on any atom is -0.316 e. The Balaban J connectivity index is 1.97. The van der Waals surface area contributed by atoms with Crippen LogP contribution in [-0.2, 0) is 13.0 Å². The number of nitrogens with one attached hydrogen (secondary N) is 1. The van der Waals surface area contributed by atoms with Gasteiger partial charge in [0.15, 0.2) is 0 Å². The van der Waals surface area contributed by atoms with Crippen LogP contribution in [0, 0.1) is 0 Å². The van der Waals surface area contributed by atoms with Gasteiger partial charge in [-0.15, -0.1) is 0 Å². The summed E-state index contributed by atoms with van der Waals surface area (Å²) in [4.78, 5) is 2.56. The Labute approximate surface area is 98.7 Å². The van der Waals surface area contributed by atoms with E-state index < -0.39 is 0 Å². The molecule has 1 unspecified atom stereocenters. The van der Waals surface area contributed by atoms with Crippen LogP contribution in [0.3, 0.4) is 0 Å². The van der Waals surface area contributed by atoms with Crippen LogP contribution in [0.2, 0.25) is 0 Å². The molecule has 16 heavy (non-hydrogen) atoms. The highest BCUT2D eigenvalue weighted by atomic mass is 15.1. The number of rotatable bonds is 4. The summed E-state index contributed by atoms with van der Waals surface area (Å²) < 4.78 is 0. The van der Waals surface area contributed by atoms with Gasteiger partial charge in [-0.05, 0) is 31.0 Å². The summed E-state index contributed by atoms with van der Waals surface area (Å²) in [6.45, 7) is 5.74. The number of nitrogens with zero attached hydrogens (tertiary/aromatic N) is 1. The van der Waals surface area contributed by atoms with E-state index in [0.717, 1.165) is 6.54 Å². The van der Waals surface area contributed by atoms with E-state index >= 15 is 0 Å². The lowest BCUT2D eigenvalue weighted by atomic mass is 9.99. The molecule has 2 nitrogen and oxygen atoms in total. The zero-order valence-corrected chi connectivity index (χ0v) is 10.4. The maximum Gasteiger partial charge on any atom is 0.0237 e. The molecule has 2 rings (SSSR count). The maximum absolute atomic E-state index is 3.38. The van der Waals surface area contributed by atoms with E-state index in [1.165, 1.54) is 37.1 Å². The van der Waals surface area contributed by atoms with E-state index in [0.29, 0.717) is 6.04 Å². The summed E-state index contributed by atoms with van der Waals surface area (Å²) in [5, 5.41) is 3.38. The molecule has 0 saturated heterocycles. The van der Waals surface area contributed by atoms with Crippen molar-refractivity contribution in [1.82, 2.24) is 10.2 Å². The quantitative estimate of drug-likeness (QED) is 0.832. The van der Waals surface area contributed by atoms with Gasteiger partial charge in [-0.3, -0.25) is 4.90 Å². The first-order chi connectivity index (χ1) is 7.83. The molecule has 1 atom stereocenters. The third kappa shape index (κ3) is 2.63. The fourth-order valence-electron chi connectivity index (χ4n) is 2.45. The van der Waals surface area contributed by atoms with Crippen molar-refractivity contribution in [2.24, 2.45) is 0 Å². The Hall–Kier alpha value is -0.860. The first kappa shape index (κ1) is 11.6. The van der Waals surface area contributed by atoms with Crippen LogP contribution < -0.4 is 5.32 Å². The second kappa shape index (κ2) is 5.46. The summed E-state index contributed by atoms with van der Waals surface area (Å²) in [6, 6.07) is 9.46. The van der Waals surface area contributed by atoms with Gasteiger partial charge in [-0.2, -0.15) is 0 Å². The van der Waals surface area contributed by atoms with Crippen molar-refractivity contribution in [3.8, 4) is 0 Å². The highest BCUT2D eigenvalue weighted by Gasteiger charge is 2.17. The Bertz CT molecular complexity index is 331. The molecule has 1 heterocycles.